The molecule has 1 saturated heterocycles. The Morgan fingerprint density at radius 1 is 1.02 bits per heavy atom. The molecular weight excluding hydrogens is 584 g/mol. The van der Waals surface area contributed by atoms with E-state index >= 15 is 0 Å². The highest BCUT2D eigenvalue weighted by Crippen LogP contribution is 2.33. The predicted octanol–water partition coefficient (Wildman–Crippen LogP) is 6.17. The van der Waals surface area contributed by atoms with Gasteiger partial charge >= 0.3 is 0 Å². The standard InChI is InChI=1S/C34H41ClN2O7/c1-22(15-34(2,3)4)12-31(38)37(18-26-6-5-11-41-26)19-32(39)36(16-23-7-9-29-30(13-23)44-21-43-29)17-24-20-42-28-10-8-25(35)14-27(28)33(24)40/h7-10,13-14,20,22,26H,5-6,11-12,15-19,21H2,1-4H3. The molecule has 236 valence electrons. The van der Waals surface area contributed by atoms with E-state index in [0.717, 1.165) is 24.8 Å². The molecule has 2 aliphatic heterocycles. The zero-order valence-electron chi connectivity index (χ0n) is 25.9. The number of rotatable bonds is 11. The van der Waals surface area contributed by atoms with Gasteiger partial charge in [0.25, 0.3) is 0 Å². The second-order valence-electron chi connectivity index (χ2n) is 13.2. The first-order valence-electron chi connectivity index (χ1n) is 15.2. The van der Waals surface area contributed by atoms with Crippen molar-refractivity contribution in [2.75, 3.05) is 26.5 Å². The highest BCUT2D eigenvalue weighted by Gasteiger charge is 2.29. The van der Waals surface area contributed by atoms with Crippen LogP contribution in [0.2, 0.25) is 5.02 Å². The maximum Gasteiger partial charge on any atom is 0.242 e. The first-order chi connectivity index (χ1) is 20.9. The molecule has 0 N–H and O–H groups in total. The van der Waals surface area contributed by atoms with Gasteiger partial charge in [-0.15, -0.1) is 0 Å². The first kappa shape index (κ1) is 31.9. The van der Waals surface area contributed by atoms with Crippen LogP contribution >= 0.6 is 11.6 Å². The van der Waals surface area contributed by atoms with Gasteiger partial charge in [0.05, 0.1) is 36.4 Å². The van der Waals surface area contributed by atoms with Crippen molar-refractivity contribution in [2.24, 2.45) is 11.3 Å². The van der Waals surface area contributed by atoms with Gasteiger partial charge in [-0.3, -0.25) is 14.4 Å². The molecule has 5 rings (SSSR count). The second kappa shape index (κ2) is 13.6. The summed E-state index contributed by atoms with van der Waals surface area (Å²) < 4.78 is 22.6. The fraction of sp³-hybridized carbons (Fsp3) is 0.500. The monoisotopic (exact) mass is 624 g/mol. The Bertz CT molecular complexity index is 1560. The lowest BCUT2D eigenvalue weighted by molar-refractivity contribution is -0.143. The largest absolute Gasteiger partial charge is 0.464 e. The molecule has 2 aliphatic rings. The van der Waals surface area contributed by atoms with Crippen molar-refractivity contribution in [1.82, 2.24) is 9.80 Å². The molecule has 1 fully saturated rings. The molecule has 44 heavy (non-hydrogen) atoms. The Balaban J connectivity index is 1.41. The van der Waals surface area contributed by atoms with Gasteiger partial charge in [0.2, 0.25) is 18.6 Å². The van der Waals surface area contributed by atoms with Gasteiger partial charge in [-0.25, -0.2) is 0 Å². The van der Waals surface area contributed by atoms with Crippen molar-refractivity contribution in [3.8, 4) is 11.5 Å². The van der Waals surface area contributed by atoms with Crippen molar-refractivity contribution in [3.05, 3.63) is 69.0 Å². The molecule has 0 bridgehead atoms. The highest BCUT2D eigenvalue weighted by molar-refractivity contribution is 6.31. The predicted molar refractivity (Wildman–Crippen MR) is 168 cm³/mol. The first-order valence-corrected chi connectivity index (χ1v) is 15.6. The second-order valence-corrected chi connectivity index (χ2v) is 13.6. The molecular formula is C34H41ClN2O7. The summed E-state index contributed by atoms with van der Waals surface area (Å²) >= 11 is 6.17. The Hall–Kier alpha value is -3.56. The van der Waals surface area contributed by atoms with Crippen molar-refractivity contribution in [3.63, 3.8) is 0 Å². The molecule has 0 spiro atoms. The zero-order chi connectivity index (χ0) is 31.4. The maximum absolute atomic E-state index is 14.1. The summed E-state index contributed by atoms with van der Waals surface area (Å²) in [5.74, 6) is 1.02. The minimum absolute atomic E-state index is 0.0134. The average molecular weight is 625 g/mol. The van der Waals surface area contributed by atoms with Gasteiger partial charge < -0.3 is 28.4 Å². The highest BCUT2D eigenvalue weighted by atomic mass is 35.5. The molecule has 9 nitrogen and oxygen atoms in total. The van der Waals surface area contributed by atoms with Crippen LogP contribution in [-0.2, 0) is 27.4 Å². The van der Waals surface area contributed by atoms with Crippen molar-refractivity contribution in [2.45, 2.75) is 72.6 Å². The fourth-order valence-corrected chi connectivity index (χ4v) is 6.22. The summed E-state index contributed by atoms with van der Waals surface area (Å²) in [7, 11) is 0. The molecule has 2 amide bonds. The SMILES string of the molecule is CC(CC(=O)N(CC(=O)N(Cc1ccc2c(c1)OCO2)Cc1coc2ccc(Cl)cc2c1=O)CC1CCCO1)CC(C)(C)C. The lowest BCUT2D eigenvalue weighted by Crippen LogP contribution is -2.46. The number of amides is 2. The van der Waals surface area contributed by atoms with Gasteiger partial charge in [0.15, 0.2) is 16.9 Å². The normalized spacial score (nSPS) is 16.7. The maximum atomic E-state index is 14.1. The lowest BCUT2D eigenvalue weighted by atomic mass is 9.84. The van der Waals surface area contributed by atoms with Crippen molar-refractivity contribution in [1.29, 1.82) is 0 Å². The number of halogens is 1. The third kappa shape index (κ3) is 8.12. The van der Waals surface area contributed by atoms with Crippen LogP contribution in [-0.4, -0.2) is 54.2 Å². The van der Waals surface area contributed by atoms with E-state index in [1.165, 1.54) is 6.26 Å². The molecule has 2 aromatic carbocycles. The molecule has 2 unspecified atom stereocenters. The third-order valence-electron chi connectivity index (χ3n) is 7.94. The van der Waals surface area contributed by atoms with E-state index in [2.05, 4.69) is 27.7 Å². The minimum atomic E-state index is -0.289. The Labute approximate surface area is 263 Å². The van der Waals surface area contributed by atoms with Crippen LogP contribution in [0.15, 0.2) is 51.9 Å². The van der Waals surface area contributed by atoms with Crippen LogP contribution in [0, 0.1) is 11.3 Å². The summed E-state index contributed by atoms with van der Waals surface area (Å²) in [6.07, 6.45) is 4.29. The molecule has 0 radical (unpaired) electrons. The van der Waals surface area contributed by atoms with Gasteiger partial charge in [0.1, 0.15) is 5.58 Å². The van der Waals surface area contributed by atoms with E-state index in [4.69, 9.17) is 30.2 Å². The van der Waals surface area contributed by atoms with Gasteiger partial charge in [0, 0.05) is 31.1 Å². The number of hydrogen-bond donors (Lipinski definition) is 0. The van der Waals surface area contributed by atoms with Crippen molar-refractivity contribution >= 4 is 34.4 Å². The van der Waals surface area contributed by atoms with Crippen molar-refractivity contribution < 1.29 is 28.2 Å². The van der Waals surface area contributed by atoms with E-state index in [1.807, 2.05) is 12.1 Å². The van der Waals surface area contributed by atoms with E-state index < -0.39 is 0 Å². The Morgan fingerprint density at radius 2 is 1.82 bits per heavy atom. The number of carbonyl (C=O) groups is 2. The third-order valence-corrected chi connectivity index (χ3v) is 8.18. The summed E-state index contributed by atoms with van der Waals surface area (Å²) in [5, 5.41) is 0.757. The van der Waals surface area contributed by atoms with Gasteiger partial charge in [-0.05, 0) is 66.5 Å². The molecule has 2 atom stereocenters. The van der Waals surface area contributed by atoms with Crippen LogP contribution in [0.3, 0.4) is 0 Å². The molecule has 0 aliphatic carbocycles. The zero-order valence-corrected chi connectivity index (χ0v) is 26.7. The average Bonchev–Trinajstić information content (AvgIpc) is 3.64. The van der Waals surface area contributed by atoms with E-state index in [9.17, 15) is 14.4 Å². The summed E-state index contributed by atoms with van der Waals surface area (Å²) in [5.41, 5.74) is 1.34. The van der Waals surface area contributed by atoms with E-state index in [-0.39, 0.29) is 61.1 Å². The van der Waals surface area contributed by atoms with Crippen LogP contribution in [0.25, 0.3) is 11.0 Å². The number of benzene rings is 2. The molecule has 0 saturated carbocycles. The summed E-state index contributed by atoms with van der Waals surface area (Å²) in [6, 6.07) is 10.4. The Morgan fingerprint density at radius 3 is 2.57 bits per heavy atom. The number of carbonyl (C=O) groups excluding carboxylic acids is 2. The number of nitrogens with zero attached hydrogens (tertiary/aromatic N) is 2. The van der Waals surface area contributed by atoms with Crippen LogP contribution in [0.5, 0.6) is 11.5 Å². The minimum Gasteiger partial charge on any atom is -0.464 e. The quantitative estimate of drug-likeness (QED) is 0.251. The molecule has 3 aromatic rings. The fourth-order valence-electron chi connectivity index (χ4n) is 6.05. The molecule has 1 aromatic heterocycles. The number of ether oxygens (including phenoxy) is 3. The van der Waals surface area contributed by atoms with Crippen LogP contribution < -0.4 is 14.9 Å². The topological polar surface area (TPSA) is 98.5 Å². The van der Waals surface area contributed by atoms with Gasteiger partial charge in [-0.1, -0.05) is 45.4 Å². The van der Waals surface area contributed by atoms with Crippen LogP contribution in [0.4, 0.5) is 0 Å². The summed E-state index contributed by atoms with van der Waals surface area (Å²) in [4.78, 5) is 44.4. The molecule has 3 heterocycles. The Kier molecular flexibility index (Phi) is 9.85. The van der Waals surface area contributed by atoms with Crippen LogP contribution in [0.1, 0.15) is 64.5 Å². The number of fused-ring (bicyclic) bond motifs is 2. The molecule has 10 heteroatoms. The van der Waals surface area contributed by atoms with Gasteiger partial charge in [-0.2, -0.15) is 0 Å². The van der Waals surface area contributed by atoms with E-state index in [0.29, 0.717) is 52.6 Å². The van der Waals surface area contributed by atoms with E-state index in [1.54, 1.807) is 34.1 Å². The summed E-state index contributed by atoms with van der Waals surface area (Å²) in [6.45, 7) is 9.73. The lowest BCUT2D eigenvalue weighted by Gasteiger charge is -2.30. The smallest absolute Gasteiger partial charge is 0.242 e. The number of hydrogen-bond acceptors (Lipinski definition) is 7.